The van der Waals surface area contributed by atoms with E-state index in [-0.39, 0.29) is 6.04 Å². The molecule has 0 aliphatic carbocycles. The lowest BCUT2D eigenvalue weighted by molar-refractivity contribution is -1.02. The van der Waals surface area contributed by atoms with Crippen molar-refractivity contribution >= 4 is 10.9 Å². The monoisotopic (exact) mass is 338 g/mol. The number of nitrogens with one attached hydrogen (secondary N) is 4. The predicted molar refractivity (Wildman–Crippen MR) is 94.3 cm³/mol. The van der Waals surface area contributed by atoms with Gasteiger partial charge in [-0.1, -0.05) is 0 Å². The maximum Gasteiger partial charge on any atom is 0.253 e. The van der Waals surface area contributed by atoms with E-state index in [9.17, 15) is 5.11 Å². The molecule has 0 amide bonds. The predicted octanol–water partition coefficient (Wildman–Crippen LogP) is -1.32. The molecule has 1 fully saturated rings. The van der Waals surface area contributed by atoms with Gasteiger partial charge in [0.15, 0.2) is 24.3 Å². The van der Waals surface area contributed by atoms with Crippen molar-refractivity contribution in [2.24, 2.45) is 0 Å². The Morgan fingerprint density at radius 3 is 2.48 bits per heavy atom. The fraction of sp³-hybridized carbons (Fsp3) is 0.300. The van der Waals surface area contributed by atoms with Crippen molar-refractivity contribution < 1.29 is 24.9 Å². The first-order valence-corrected chi connectivity index (χ1v) is 8.98. The molecule has 1 saturated heterocycles. The van der Waals surface area contributed by atoms with Gasteiger partial charge >= 0.3 is 0 Å². The Kier molecular flexibility index (Phi) is 4.34. The Bertz CT molecular complexity index is 860. The van der Waals surface area contributed by atoms with Gasteiger partial charge in [-0.15, -0.1) is 0 Å². The van der Waals surface area contributed by atoms with Crippen molar-refractivity contribution in [3.05, 3.63) is 66.1 Å². The third-order valence-corrected chi connectivity index (χ3v) is 5.38. The van der Waals surface area contributed by atoms with Crippen LogP contribution in [0, 0.1) is 0 Å². The number of phenols is 1. The van der Waals surface area contributed by atoms with Crippen LogP contribution in [0.2, 0.25) is 0 Å². The standard InChI is InChI=1S/C20H22N4O/c1-23-11-13-24(14-12-23)19(16-6-9-21-10-7-16)17-5-4-15-3-2-8-22-18(15)20(17)25/h2-10,19,25H,11-14H2,1H3/p+4. The highest BCUT2D eigenvalue weighted by Crippen LogP contribution is 2.31. The van der Waals surface area contributed by atoms with Gasteiger partial charge in [0.25, 0.3) is 5.52 Å². The quantitative estimate of drug-likeness (QED) is 0.545. The Morgan fingerprint density at radius 1 is 0.960 bits per heavy atom. The van der Waals surface area contributed by atoms with E-state index >= 15 is 0 Å². The number of hydrogen-bond acceptors (Lipinski definition) is 1. The van der Waals surface area contributed by atoms with Crippen LogP contribution in [0.15, 0.2) is 55.0 Å². The number of H-pyrrole nitrogens is 2. The number of rotatable bonds is 3. The van der Waals surface area contributed by atoms with Gasteiger partial charge in [0.05, 0.1) is 18.0 Å². The lowest BCUT2D eigenvalue weighted by Crippen LogP contribution is -3.27. The molecule has 1 atom stereocenters. The van der Waals surface area contributed by atoms with Gasteiger partial charge in [-0.3, -0.25) is 0 Å². The van der Waals surface area contributed by atoms with Crippen molar-refractivity contribution in [3.63, 3.8) is 0 Å². The second-order valence-electron chi connectivity index (χ2n) is 7.02. The van der Waals surface area contributed by atoms with E-state index in [2.05, 4.69) is 41.3 Å². The van der Waals surface area contributed by atoms with Crippen LogP contribution in [0.4, 0.5) is 0 Å². The molecule has 0 saturated carbocycles. The zero-order chi connectivity index (χ0) is 17.2. The minimum absolute atomic E-state index is 0.140. The molecule has 1 unspecified atom stereocenters. The number of aromatic nitrogens is 2. The van der Waals surface area contributed by atoms with Gasteiger partial charge in [-0.2, -0.15) is 0 Å². The summed E-state index contributed by atoms with van der Waals surface area (Å²) in [5.74, 6) is 0.370. The van der Waals surface area contributed by atoms with Crippen LogP contribution in [0.25, 0.3) is 10.9 Å². The van der Waals surface area contributed by atoms with Gasteiger partial charge < -0.3 is 14.9 Å². The average molecular weight is 338 g/mol. The summed E-state index contributed by atoms with van der Waals surface area (Å²) in [4.78, 5) is 9.42. The van der Waals surface area contributed by atoms with Crippen LogP contribution >= 0.6 is 0 Å². The van der Waals surface area contributed by atoms with Crippen LogP contribution in [0.3, 0.4) is 0 Å². The summed E-state index contributed by atoms with van der Waals surface area (Å²) in [6, 6.07) is 12.6. The Morgan fingerprint density at radius 2 is 1.72 bits per heavy atom. The molecular weight excluding hydrogens is 312 g/mol. The Balaban J connectivity index is 1.82. The highest BCUT2D eigenvalue weighted by atomic mass is 16.3. The summed E-state index contributed by atoms with van der Waals surface area (Å²) in [6.45, 7) is 4.52. The fourth-order valence-corrected chi connectivity index (χ4v) is 3.94. The number of hydrogen-bond donors (Lipinski definition) is 3. The molecule has 0 bridgehead atoms. The second-order valence-corrected chi connectivity index (χ2v) is 7.02. The molecular formula is C20H26N4O+4. The highest BCUT2D eigenvalue weighted by Gasteiger charge is 2.34. The van der Waals surface area contributed by atoms with Gasteiger partial charge in [0, 0.05) is 23.8 Å². The van der Waals surface area contributed by atoms with Gasteiger partial charge in [-0.25, -0.2) is 9.97 Å². The topological polar surface area (TPSA) is 57.4 Å². The van der Waals surface area contributed by atoms with E-state index in [0.29, 0.717) is 5.75 Å². The molecule has 5 heteroatoms. The molecule has 5 N–H and O–H groups in total. The Hall–Kier alpha value is -2.50. The Labute approximate surface area is 147 Å². The SMILES string of the molecule is C[NH+]1CC[NH+](C(c2cc[nH+]cc2)c2ccc3ccc[nH+]c3c2O)CC1. The number of aromatic amines is 2. The number of piperazine rings is 1. The maximum absolute atomic E-state index is 11.0. The van der Waals surface area contributed by atoms with Crippen molar-refractivity contribution in [2.45, 2.75) is 6.04 Å². The molecule has 2 aromatic heterocycles. The lowest BCUT2D eigenvalue weighted by Gasteiger charge is -2.33. The van der Waals surface area contributed by atoms with E-state index in [4.69, 9.17) is 0 Å². The second kappa shape index (κ2) is 6.78. The minimum atomic E-state index is 0.140. The normalized spacial score (nSPS) is 22.0. The number of benzene rings is 1. The molecule has 1 aliphatic heterocycles. The van der Waals surface area contributed by atoms with Crippen molar-refractivity contribution in [1.29, 1.82) is 0 Å². The van der Waals surface area contributed by atoms with Crippen LogP contribution < -0.4 is 19.8 Å². The first-order chi connectivity index (χ1) is 12.2. The minimum Gasteiger partial charge on any atom is -0.502 e. The molecule has 0 radical (unpaired) electrons. The molecule has 3 heterocycles. The molecule has 25 heavy (non-hydrogen) atoms. The van der Waals surface area contributed by atoms with Crippen LogP contribution in [-0.4, -0.2) is 38.3 Å². The summed E-state index contributed by atoms with van der Waals surface area (Å²) in [5, 5.41) is 12.0. The van der Waals surface area contributed by atoms with E-state index in [1.807, 2.05) is 30.7 Å². The number of fused-ring (bicyclic) bond motifs is 1. The zero-order valence-corrected chi connectivity index (χ0v) is 14.5. The first kappa shape index (κ1) is 16.0. The van der Waals surface area contributed by atoms with Crippen molar-refractivity contribution in [2.75, 3.05) is 33.2 Å². The number of quaternary nitrogens is 2. The number of aromatic hydroxyl groups is 1. The van der Waals surface area contributed by atoms with Gasteiger partial charge in [-0.05, 0) is 18.2 Å². The van der Waals surface area contributed by atoms with E-state index in [1.54, 1.807) is 4.90 Å². The first-order valence-electron chi connectivity index (χ1n) is 8.98. The molecule has 0 spiro atoms. The van der Waals surface area contributed by atoms with Crippen LogP contribution in [0.5, 0.6) is 5.75 Å². The zero-order valence-electron chi connectivity index (χ0n) is 14.5. The molecule has 5 nitrogen and oxygen atoms in total. The number of phenolic OH excluding ortho intramolecular Hbond substituents is 1. The highest BCUT2D eigenvalue weighted by molar-refractivity contribution is 5.82. The smallest absolute Gasteiger partial charge is 0.253 e. The molecule has 4 rings (SSSR count). The van der Waals surface area contributed by atoms with E-state index in [0.717, 1.165) is 42.6 Å². The molecule has 3 aromatic rings. The molecule has 1 aliphatic rings. The summed E-state index contributed by atoms with van der Waals surface area (Å²) in [5.41, 5.74) is 3.04. The summed E-state index contributed by atoms with van der Waals surface area (Å²) in [7, 11) is 2.26. The maximum atomic E-state index is 11.0. The van der Waals surface area contributed by atoms with Crippen LogP contribution in [-0.2, 0) is 0 Å². The summed E-state index contributed by atoms with van der Waals surface area (Å²) in [6.07, 6.45) is 5.80. The van der Waals surface area contributed by atoms with E-state index in [1.165, 1.54) is 10.5 Å². The third-order valence-electron chi connectivity index (χ3n) is 5.38. The lowest BCUT2D eigenvalue weighted by atomic mass is 9.95. The number of pyridine rings is 2. The van der Waals surface area contributed by atoms with Crippen molar-refractivity contribution in [1.82, 2.24) is 0 Å². The fourth-order valence-electron chi connectivity index (χ4n) is 3.94. The number of likely N-dealkylation sites (N-methyl/N-ethyl adjacent to an activating group) is 1. The van der Waals surface area contributed by atoms with Crippen molar-refractivity contribution in [3.8, 4) is 5.75 Å². The third kappa shape index (κ3) is 3.08. The van der Waals surface area contributed by atoms with E-state index < -0.39 is 0 Å². The largest absolute Gasteiger partial charge is 0.502 e. The van der Waals surface area contributed by atoms with Gasteiger partial charge in [0.1, 0.15) is 32.2 Å². The average Bonchev–Trinajstić information content (AvgIpc) is 2.66. The van der Waals surface area contributed by atoms with Crippen LogP contribution in [0.1, 0.15) is 17.2 Å². The summed E-state index contributed by atoms with van der Waals surface area (Å²) < 4.78 is 0. The molecule has 128 valence electrons. The molecule has 1 aromatic carbocycles. The van der Waals surface area contributed by atoms with Gasteiger partial charge in [0.2, 0.25) is 0 Å². The summed E-state index contributed by atoms with van der Waals surface area (Å²) >= 11 is 0.